The zero-order valence-electron chi connectivity index (χ0n) is 16.0. The molecule has 1 atom stereocenters. The van der Waals surface area contributed by atoms with Gasteiger partial charge < -0.3 is 0 Å². The van der Waals surface area contributed by atoms with Crippen LogP contribution < -0.4 is 0 Å². The molecule has 0 saturated carbocycles. The predicted octanol–water partition coefficient (Wildman–Crippen LogP) is 6.70. The Balaban J connectivity index is 3.77. The van der Waals surface area contributed by atoms with Crippen LogP contribution in [0, 0.1) is 22.2 Å². The van der Waals surface area contributed by atoms with Crippen molar-refractivity contribution in [2.24, 2.45) is 22.2 Å². The molecule has 0 aliphatic carbocycles. The van der Waals surface area contributed by atoms with Gasteiger partial charge in [-0.25, -0.2) is 0 Å². The Hall–Kier alpha value is -0.780. The first-order valence-corrected chi connectivity index (χ1v) is 8.32. The van der Waals surface area contributed by atoms with Crippen LogP contribution in [0.1, 0.15) is 74.8 Å². The first-order valence-electron chi connectivity index (χ1n) is 8.32. The van der Waals surface area contributed by atoms with Gasteiger partial charge in [-0.3, -0.25) is 0 Å². The van der Waals surface area contributed by atoms with Crippen LogP contribution in [0.15, 0.2) is 30.3 Å². The van der Waals surface area contributed by atoms with Crippen molar-refractivity contribution >= 4 is 0 Å². The molecule has 120 valence electrons. The van der Waals surface area contributed by atoms with Crippen LogP contribution in [0.4, 0.5) is 0 Å². The lowest BCUT2D eigenvalue weighted by Crippen LogP contribution is -2.57. The van der Waals surface area contributed by atoms with Crippen LogP contribution in [0.25, 0.3) is 0 Å². The van der Waals surface area contributed by atoms with Gasteiger partial charge in [0.2, 0.25) is 0 Å². The zero-order valence-corrected chi connectivity index (χ0v) is 16.0. The maximum atomic E-state index is 2.45. The van der Waals surface area contributed by atoms with E-state index in [1.165, 1.54) is 5.56 Å². The van der Waals surface area contributed by atoms with Crippen molar-refractivity contribution in [3.8, 4) is 0 Å². The molecular weight excluding hydrogens is 252 g/mol. The van der Waals surface area contributed by atoms with Gasteiger partial charge in [0, 0.05) is 5.41 Å². The van der Waals surface area contributed by atoms with Crippen LogP contribution in [-0.2, 0) is 5.41 Å². The Bertz CT molecular complexity index is 432. The highest BCUT2D eigenvalue weighted by molar-refractivity contribution is 5.33. The minimum atomic E-state index is 0.111. The largest absolute Gasteiger partial charge is 0.0622 e. The first kappa shape index (κ1) is 18.3. The molecule has 1 rings (SSSR count). The van der Waals surface area contributed by atoms with E-state index in [4.69, 9.17) is 0 Å². The fourth-order valence-electron chi connectivity index (χ4n) is 4.89. The molecule has 0 nitrogen and oxygen atoms in total. The van der Waals surface area contributed by atoms with Crippen molar-refractivity contribution in [1.29, 1.82) is 0 Å². The number of hydrogen-bond donors (Lipinski definition) is 0. The van der Waals surface area contributed by atoms with Crippen LogP contribution in [0.2, 0.25) is 0 Å². The Kier molecular flexibility index (Phi) is 4.74. The van der Waals surface area contributed by atoms with Gasteiger partial charge in [-0.2, -0.15) is 0 Å². The standard InChI is InChI=1S/C21H36/c1-16(18(2,3)4)21(19(5,6)7,20(8,9)10)17-14-12-11-13-15-17/h11-16H,1-10H3. The van der Waals surface area contributed by atoms with Crippen LogP contribution in [-0.4, -0.2) is 0 Å². The molecule has 0 aliphatic rings. The molecule has 0 amide bonds. The van der Waals surface area contributed by atoms with E-state index in [0.717, 1.165) is 0 Å². The van der Waals surface area contributed by atoms with Gasteiger partial charge in [-0.15, -0.1) is 0 Å². The Morgan fingerprint density at radius 2 is 1.05 bits per heavy atom. The molecule has 0 aromatic heterocycles. The van der Waals surface area contributed by atoms with Crippen LogP contribution in [0.3, 0.4) is 0 Å². The van der Waals surface area contributed by atoms with Crippen molar-refractivity contribution < 1.29 is 0 Å². The van der Waals surface area contributed by atoms with Crippen LogP contribution >= 0.6 is 0 Å². The molecule has 1 unspecified atom stereocenters. The molecule has 0 saturated heterocycles. The topological polar surface area (TPSA) is 0 Å². The molecule has 0 heterocycles. The average Bonchev–Trinajstić information content (AvgIpc) is 2.25. The van der Waals surface area contributed by atoms with E-state index in [-0.39, 0.29) is 21.7 Å². The van der Waals surface area contributed by atoms with Gasteiger partial charge in [0.15, 0.2) is 0 Å². The third-order valence-corrected chi connectivity index (χ3v) is 5.54. The van der Waals surface area contributed by atoms with Crippen molar-refractivity contribution in [3.63, 3.8) is 0 Å². The minimum Gasteiger partial charge on any atom is -0.0622 e. The maximum absolute atomic E-state index is 2.45. The van der Waals surface area contributed by atoms with Gasteiger partial charge in [0.25, 0.3) is 0 Å². The molecule has 0 N–H and O–H groups in total. The summed E-state index contributed by atoms with van der Waals surface area (Å²) in [6, 6.07) is 11.2. The first-order chi connectivity index (χ1) is 9.26. The second-order valence-corrected chi connectivity index (χ2v) is 9.76. The third kappa shape index (κ3) is 3.05. The van der Waals surface area contributed by atoms with Gasteiger partial charge in [0.05, 0.1) is 0 Å². The van der Waals surface area contributed by atoms with Gasteiger partial charge >= 0.3 is 0 Å². The highest BCUT2D eigenvalue weighted by Gasteiger charge is 2.57. The summed E-state index contributed by atoms with van der Waals surface area (Å²) in [7, 11) is 0. The smallest absolute Gasteiger partial charge is 0.00804 e. The van der Waals surface area contributed by atoms with Crippen molar-refractivity contribution in [3.05, 3.63) is 35.9 Å². The molecule has 0 radical (unpaired) electrons. The summed E-state index contributed by atoms with van der Waals surface area (Å²) in [6.07, 6.45) is 0. The van der Waals surface area contributed by atoms with Crippen molar-refractivity contribution in [1.82, 2.24) is 0 Å². The molecule has 0 spiro atoms. The Labute approximate surface area is 133 Å². The molecule has 0 aliphatic heterocycles. The molecule has 1 aromatic rings. The van der Waals surface area contributed by atoms with Crippen LogP contribution in [0.5, 0.6) is 0 Å². The SMILES string of the molecule is CC(C(C)(C)C)C(c1ccccc1)(C(C)(C)C)C(C)(C)C. The number of benzene rings is 1. The lowest BCUT2D eigenvalue weighted by Gasteiger charge is -2.61. The lowest BCUT2D eigenvalue weighted by molar-refractivity contribution is -0.0422. The summed E-state index contributed by atoms with van der Waals surface area (Å²) in [6.45, 7) is 24.1. The highest BCUT2D eigenvalue weighted by Crippen LogP contribution is 2.61. The van der Waals surface area contributed by atoms with E-state index in [1.807, 2.05) is 0 Å². The average molecular weight is 289 g/mol. The molecule has 0 fully saturated rings. The summed E-state index contributed by atoms with van der Waals surface area (Å²) >= 11 is 0. The van der Waals surface area contributed by atoms with E-state index < -0.39 is 0 Å². The number of rotatable bonds is 2. The molecule has 21 heavy (non-hydrogen) atoms. The van der Waals surface area contributed by atoms with E-state index >= 15 is 0 Å². The van der Waals surface area contributed by atoms with E-state index in [0.29, 0.717) is 5.92 Å². The Morgan fingerprint density at radius 3 is 1.33 bits per heavy atom. The second-order valence-electron chi connectivity index (χ2n) is 9.76. The maximum Gasteiger partial charge on any atom is 0.00804 e. The molecular formula is C21H36. The van der Waals surface area contributed by atoms with Crippen molar-refractivity contribution in [2.75, 3.05) is 0 Å². The molecule has 0 heteroatoms. The summed E-state index contributed by atoms with van der Waals surface area (Å²) in [5.74, 6) is 0.562. The monoisotopic (exact) mass is 288 g/mol. The zero-order chi connectivity index (χ0) is 16.7. The number of hydrogen-bond acceptors (Lipinski definition) is 0. The van der Waals surface area contributed by atoms with Gasteiger partial charge in [-0.1, -0.05) is 99.6 Å². The summed E-state index contributed by atoms with van der Waals surface area (Å²) in [5, 5.41) is 0. The summed E-state index contributed by atoms with van der Waals surface area (Å²) in [5.41, 5.74) is 2.21. The lowest BCUT2D eigenvalue weighted by atomic mass is 9.43. The second kappa shape index (κ2) is 5.45. The normalized spacial score (nSPS) is 15.9. The quantitative estimate of drug-likeness (QED) is 0.568. The highest BCUT2D eigenvalue weighted by atomic mass is 14.6. The summed E-state index contributed by atoms with van der Waals surface area (Å²) in [4.78, 5) is 0. The molecule has 0 bridgehead atoms. The fourth-order valence-corrected chi connectivity index (χ4v) is 4.89. The van der Waals surface area contributed by atoms with E-state index in [1.54, 1.807) is 0 Å². The fraction of sp³-hybridized carbons (Fsp3) is 0.714. The molecule has 1 aromatic carbocycles. The van der Waals surface area contributed by atoms with E-state index in [2.05, 4.69) is 99.6 Å². The predicted molar refractivity (Wildman–Crippen MR) is 95.6 cm³/mol. The third-order valence-electron chi connectivity index (χ3n) is 5.54. The Morgan fingerprint density at radius 1 is 0.667 bits per heavy atom. The van der Waals surface area contributed by atoms with Crippen molar-refractivity contribution in [2.45, 2.75) is 74.7 Å². The van der Waals surface area contributed by atoms with Gasteiger partial charge in [0.1, 0.15) is 0 Å². The van der Waals surface area contributed by atoms with E-state index in [9.17, 15) is 0 Å². The minimum absolute atomic E-state index is 0.111. The summed E-state index contributed by atoms with van der Waals surface area (Å²) < 4.78 is 0. The van der Waals surface area contributed by atoms with Gasteiger partial charge in [-0.05, 0) is 27.7 Å².